The SMILES string of the molecule is CC(C)(C)c1ccc(-c2cc(C(C)(C)C)ccc2N2c3ccc(C(C)(C)C)cc3B3c4oc5ccc(C(C)(C)C)cc5c4N(c4ccc5c(c4)C(C)(C)CC5(C)C)c4cc(N(c5ccccc5)c5ccccc5)cc2c43)cc1. The van der Waals surface area contributed by atoms with Crippen LogP contribution >= 0.6 is 0 Å². The lowest BCUT2D eigenvalue weighted by molar-refractivity contribution is 0.403. The molecule has 0 amide bonds. The Kier molecular flexibility index (Phi) is 11.6. The third-order valence-electron chi connectivity index (χ3n) is 17.4. The highest BCUT2D eigenvalue weighted by Gasteiger charge is 2.49. The second kappa shape index (κ2) is 17.6. The van der Waals surface area contributed by atoms with Gasteiger partial charge in [-0.2, -0.15) is 0 Å². The average Bonchev–Trinajstić information content (AvgIpc) is 2.60. The summed E-state index contributed by atoms with van der Waals surface area (Å²) in [6, 6.07) is 65.1. The van der Waals surface area contributed by atoms with Gasteiger partial charge in [0.25, 0.3) is 6.71 Å². The Hall–Kier alpha value is -7.24. The summed E-state index contributed by atoms with van der Waals surface area (Å²) in [5.74, 6) is 0. The fourth-order valence-electron chi connectivity index (χ4n) is 13.4. The topological polar surface area (TPSA) is 22.9 Å². The van der Waals surface area contributed by atoms with Gasteiger partial charge in [-0.15, -0.1) is 0 Å². The molecule has 4 nitrogen and oxygen atoms in total. The predicted molar refractivity (Wildman–Crippen MR) is 336 cm³/mol. The highest BCUT2D eigenvalue weighted by Crippen LogP contribution is 2.55. The smallest absolute Gasteiger partial charge is 0.297 e. The van der Waals surface area contributed by atoms with Gasteiger partial charge in [-0.3, -0.25) is 0 Å². The van der Waals surface area contributed by atoms with Crippen LogP contribution in [0.4, 0.5) is 51.2 Å². The Balaban J connectivity index is 1.26. The summed E-state index contributed by atoms with van der Waals surface area (Å²) in [6.45, 7) is 37.3. The fraction of sp³-hybridized carbons (Fsp3) is 0.315. The Bertz CT molecular complexity index is 3780. The first-order valence-electron chi connectivity index (χ1n) is 28.5. The normalized spacial score (nSPS) is 15.5. The molecule has 0 N–H and O–H groups in total. The number of hydrogen-bond acceptors (Lipinski definition) is 4. The van der Waals surface area contributed by atoms with E-state index in [4.69, 9.17) is 4.42 Å². The molecule has 0 unspecified atom stereocenters. The summed E-state index contributed by atoms with van der Waals surface area (Å²) in [5.41, 5.74) is 24.6. The molecule has 1 aromatic heterocycles. The summed E-state index contributed by atoms with van der Waals surface area (Å²) in [4.78, 5) is 7.67. The van der Waals surface area contributed by atoms with Crippen molar-refractivity contribution in [3.8, 4) is 11.1 Å². The molecule has 0 spiro atoms. The minimum Gasteiger partial charge on any atom is -0.468 e. The molecular formula is C73H78BN3O. The molecule has 9 aromatic rings. The lowest BCUT2D eigenvalue weighted by atomic mass is 9.35. The lowest BCUT2D eigenvalue weighted by Crippen LogP contribution is -2.61. The quantitative estimate of drug-likeness (QED) is 0.155. The Morgan fingerprint density at radius 3 is 1.55 bits per heavy atom. The Morgan fingerprint density at radius 1 is 0.449 bits per heavy atom. The van der Waals surface area contributed by atoms with Gasteiger partial charge in [0, 0.05) is 45.1 Å². The number of furan rings is 1. The first-order chi connectivity index (χ1) is 36.7. The summed E-state index contributed by atoms with van der Waals surface area (Å²) in [7, 11) is 0. The molecule has 0 radical (unpaired) electrons. The van der Waals surface area contributed by atoms with E-state index in [1.54, 1.807) is 0 Å². The van der Waals surface area contributed by atoms with Crippen LogP contribution in [-0.4, -0.2) is 6.71 Å². The molecule has 0 atom stereocenters. The molecule has 0 bridgehead atoms. The molecule has 8 aromatic carbocycles. The molecule has 0 saturated carbocycles. The van der Waals surface area contributed by atoms with E-state index < -0.39 is 0 Å². The molecule has 12 rings (SSSR count). The van der Waals surface area contributed by atoms with Crippen molar-refractivity contribution in [1.82, 2.24) is 0 Å². The summed E-state index contributed by atoms with van der Waals surface area (Å²) < 4.78 is 7.58. The second-order valence-electron chi connectivity index (χ2n) is 28.3. The van der Waals surface area contributed by atoms with Gasteiger partial charge in [0.15, 0.2) is 0 Å². The van der Waals surface area contributed by atoms with E-state index in [1.807, 2.05) is 0 Å². The molecule has 394 valence electrons. The lowest BCUT2D eigenvalue weighted by Gasteiger charge is -2.44. The maximum absolute atomic E-state index is 7.58. The third kappa shape index (κ3) is 8.50. The van der Waals surface area contributed by atoms with Crippen molar-refractivity contribution in [3.63, 3.8) is 0 Å². The zero-order valence-corrected chi connectivity index (χ0v) is 49.2. The highest BCUT2D eigenvalue weighted by molar-refractivity contribution is 7.00. The maximum Gasteiger partial charge on any atom is 0.297 e. The zero-order chi connectivity index (χ0) is 55.2. The van der Waals surface area contributed by atoms with Gasteiger partial charge < -0.3 is 19.1 Å². The van der Waals surface area contributed by atoms with Gasteiger partial charge in [0.1, 0.15) is 5.58 Å². The van der Waals surface area contributed by atoms with Gasteiger partial charge in [-0.1, -0.05) is 202 Å². The fourth-order valence-corrected chi connectivity index (χ4v) is 13.4. The number of para-hydroxylation sites is 2. The van der Waals surface area contributed by atoms with E-state index in [1.165, 1.54) is 55.4 Å². The van der Waals surface area contributed by atoms with Crippen molar-refractivity contribution in [2.75, 3.05) is 14.7 Å². The maximum atomic E-state index is 7.58. The van der Waals surface area contributed by atoms with Gasteiger partial charge in [-0.05, 0) is 168 Å². The van der Waals surface area contributed by atoms with E-state index in [0.29, 0.717) is 0 Å². The monoisotopic (exact) mass is 1020 g/mol. The average molecular weight is 1020 g/mol. The van der Waals surface area contributed by atoms with E-state index in [9.17, 15) is 0 Å². The number of hydrogen-bond donors (Lipinski definition) is 0. The molecular weight excluding hydrogens is 946 g/mol. The molecule has 0 fully saturated rings. The Labute approximate surface area is 466 Å². The largest absolute Gasteiger partial charge is 0.468 e. The van der Waals surface area contributed by atoms with Crippen LogP contribution in [0.3, 0.4) is 0 Å². The predicted octanol–water partition coefficient (Wildman–Crippen LogP) is 18.8. The number of rotatable bonds is 6. The number of nitrogens with zero attached hydrogens (tertiary/aromatic N) is 3. The van der Waals surface area contributed by atoms with Crippen molar-refractivity contribution in [1.29, 1.82) is 0 Å². The van der Waals surface area contributed by atoms with Crippen molar-refractivity contribution < 1.29 is 4.42 Å². The van der Waals surface area contributed by atoms with Crippen molar-refractivity contribution in [2.24, 2.45) is 0 Å². The molecule has 2 aliphatic heterocycles. The first-order valence-corrected chi connectivity index (χ1v) is 28.5. The highest BCUT2D eigenvalue weighted by atomic mass is 16.3. The van der Waals surface area contributed by atoms with Crippen LogP contribution in [0.2, 0.25) is 0 Å². The number of benzene rings is 8. The van der Waals surface area contributed by atoms with Gasteiger partial charge in [0.2, 0.25) is 0 Å². The van der Waals surface area contributed by atoms with Crippen LogP contribution in [0.5, 0.6) is 0 Å². The van der Waals surface area contributed by atoms with Gasteiger partial charge in [0.05, 0.1) is 22.7 Å². The standard InChI is InChI=1S/C73H78BN3O/c1-68(2,3)47-29-27-46(28-30-47)55-39-48(69(4,5)6)31-36-60(55)77-61-37-32-50(71(10,11)12)41-59(61)74-65-62(43-54(44-63(65)77)75(51-23-19-17-20-24-51)52-25-21-18-22-26-52)76(53-34-35-57-58(42-53)73(15,16)45-72(57,13)14)66-56-40-49(70(7,8)9)33-38-64(56)78-67(66)74/h17-44H,45H2,1-16H3. The number of anilines is 9. The summed E-state index contributed by atoms with van der Waals surface area (Å²) >= 11 is 0. The van der Waals surface area contributed by atoms with E-state index >= 15 is 0 Å². The second-order valence-corrected chi connectivity index (χ2v) is 28.3. The minimum atomic E-state index is -0.232. The van der Waals surface area contributed by atoms with Crippen molar-refractivity contribution >= 4 is 85.5 Å². The molecule has 3 heterocycles. The van der Waals surface area contributed by atoms with E-state index in [-0.39, 0.29) is 39.2 Å². The third-order valence-corrected chi connectivity index (χ3v) is 17.4. The van der Waals surface area contributed by atoms with Crippen molar-refractivity contribution in [2.45, 2.75) is 150 Å². The van der Waals surface area contributed by atoms with Crippen LogP contribution in [0, 0.1) is 0 Å². The minimum absolute atomic E-state index is 0.0174. The summed E-state index contributed by atoms with van der Waals surface area (Å²) in [5, 5.41) is 1.13. The molecule has 78 heavy (non-hydrogen) atoms. The van der Waals surface area contributed by atoms with Crippen LogP contribution in [0.15, 0.2) is 174 Å². The van der Waals surface area contributed by atoms with E-state index in [2.05, 4.69) is 295 Å². The Morgan fingerprint density at radius 2 is 0.962 bits per heavy atom. The van der Waals surface area contributed by atoms with Crippen LogP contribution in [-0.2, 0) is 32.5 Å². The van der Waals surface area contributed by atoms with Crippen molar-refractivity contribution in [3.05, 3.63) is 203 Å². The first kappa shape index (κ1) is 51.5. The van der Waals surface area contributed by atoms with Gasteiger partial charge >= 0.3 is 0 Å². The van der Waals surface area contributed by atoms with Crippen LogP contribution in [0.25, 0.3) is 22.1 Å². The molecule has 3 aliphatic rings. The van der Waals surface area contributed by atoms with Gasteiger partial charge in [-0.25, -0.2) is 0 Å². The summed E-state index contributed by atoms with van der Waals surface area (Å²) in [6.07, 6.45) is 1.08. The van der Waals surface area contributed by atoms with E-state index in [0.717, 1.165) is 74.2 Å². The number of fused-ring (bicyclic) bond motifs is 7. The molecule has 1 aliphatic carbocycles. The zero-order valence-electron chi connectivity index (χ0n) is 49.2. The van der Waals surface area contributed by atoms with Crippen LogP contribution < -0.4 is 31.3 Å². The molecule has 0 saturated heterocycles. The van der Waals surface area contributed by atoms with Crippen LogP contribution in [0.1, 0.15) is 151 Å². The molecule has 5 heteroatoms.